The first kappa shape index (κ1) is 27.1. The van der Waals surface area contributed by atoms with Crippen molar-refractivity contribution in [2.75, 3.05) is 4.90 Å². The van der Waals surface area contributed by atoms with Gasteiger partial charge >= 0.3 is 0 Å². The van der Waals surface area contributed by atoms with Gasteiger partial charge in [-0.25, -0.2) is 0 Å². The molecule has 0 fully saturated rings. The van der Waals surface area contributed by atoms with E-state index in [1.807, 2.05) is 12.1 Å². The molecule has 0 saturated carbocycles. The second-order valence-electron chi connectivity index (χ2n) is 12.9. The van der Waals surface area contributed by atoms with Gasteiger partial charge in [0, 0.05) is 27.5 Å². The molecule has 1 aliphatic carbocycles. The van der Waals surface area contributed by atoms with Gasteiger partial charge in [-0.2, -0.15) is 0 Å². The summed E-state index contributed by atoms with van der Waals surface area (Å²) < 4.78 is 12.8. The van der Waals surface area contributed by atoms with Crippen LogP contribution < -0.4 is 4.90 Å². The summed E-state index contributed by atoms with van der Waals surface area (Å²) in [6.45, 7) is 2.35. The molecule has 0 N–H and O–H groups in total. The zero-order valence-electron chi connectivity index (χ0n) is 26.5. The van der Waals surface area contributed by atoms with E-state index >= 15 is 0 Å². The molecule has 1 unspecified atom stereocenters. The van der Waals surface area contributed by atoms with Gasteiger partial charge in [0.2, 0.25) is 0 Å². The zero-order valence-corrected chi connectivity index (χ0v) is 26.5. The van der Waals surface area contributed by atoms with Crippen LogP contribution in [0.3, 0.4) is 0 Å². The van der Waals surface area contributed by atoms with Crippen LogP contribution in [0.5, 0.6) is 0 Å². The van der Waals surface area contributed by atoms with Gasteiger partial charge in [-0.1, -0.05) is 104 Å². The highest BCUT2D eigenvalue weighted by molar-refractivity contribution is 6.15. The van der Waals surface area contributed by atoms with Crippen LogP contribution in [0.2, 0.25) is 0 Å². The fourth-order valence-electron chi connectivity index (χ4n) is 7.93. The standard InChI is InChI=1S/C45H31NO2/c1-28-25-31-21-24-42-45(36-16-6-8-19-40(36)48-42)43(31)37-27-33(22-23-34(28)37)46(32-14-9-13-30(26-32)29-11-3-2-4-12-29)38-17-10-20-41-44(38)35-15-5-7-18-39(35)47-41/h2-24,26-28H,25H2,1H3. The minimum Gasteiger partial charge on any atom is -0.456 e. The van der Waals surface area contributed by atoms with Crippen molar-refractivity contribution >= 4 is 60.9 Å². The van der Waals surface area contributed by atoms with Crippen molar-refractivity contribution in [1.29, 1.82) is 0 Å². The molecular weight excluding hydrogens is 587 g/mol. The monoisotopic (exact) mass is 617 g/mol. The summed E-state index contributed by atoms with van der Waals surface area (Å²) in [4.78, 5) is 2.41. The lowest BCUT2D eigenvalue weighted by Gasteiger charge is -2.31. The van der Waals surface area contributed by atoms with E-state index in [4.69, 9.17) is 8.83 Å². The molecule has 2 heterocycles. The smallest absolute Gasteiger partial charge is 0.137 e. The molecule has 1 atom stereocenters. The van der Waals surface area contributed by atoms with Crippen molar-refractivity contribution in [1.82, 2.24) is 0 Å². The number of hydrogen-bond donors (Lipinski definition) is 0. The first-order valence-corrected chi connectivity index (χ1v) is 16.6. The minimum atomic E-state index is 0.397. The number of rotatable bonds is 4. The normalized spacial score (nSPS) is 14.1. The Bertz CT molecular complexity index is 2680. The SMILES string of the molecule is CC1Cc2ccc3oc4ccccc4c3c2-c2cc(N(c3cccc(-c4ccccc4)c3)c3cccc4oc5ccccc5c34)ccc21. The van der Waals surface area contributed by atoms with Crippen molar-refractivity contribution in [2.24, 2.45) is 0 Å². The molecular formula is C45H31NO2. The largest absolute Gasteiger partial charge is 0.456 e. The average Bonchev–Trinajstić information content (AvgIpc) is 3.71. The van der Waals surface area contributed by atoms with Crippen LogP contribution >= 0.6 is 0 Å². The zero-order chi connectivity index (χ0) is 31.8. The number of furan rings is 2. The molecule has 0 aliphatic heterocycles. The molecule has 2 aromatic heterocycles. The molecule has 0 amide bonds. The third kappa shape index (κ3) is 4.07. The first-order chi connectivity index (χ1) is 23.7. The topological polar surface area (TPSA) is 29.5 Å². The van der Waals surface area contributed by atoms with Crippen LogP contribution in [-0.2, 0) is 6.42 Å². The fraction of sp³-hybridized carbons (Fsp3) is 0.0667. The second-order valence-corrected chi connectivity index (χ2v) is 12.9. The van der Waals surface area contributed by atoms with Crippen molar-refractivity contribution < 1.29 is 8.83 Å². The Labute approximate surface area is 278 Å². The predicted molar refractivity (Wildman–Crippen MR) is 199 cm³/mol. The number of anilines is 3. The number of hydrogen-bond acceptors (Lipinski definition) is 3. The van der Waals surface area contributed by atoms with Gasteiger partial charge in [-0.3, -0.25) is 0 Å². The van der Waals surface area contributed by atoms with Crippen LogP contribution in [0.4, 0.5) is 17.1 Å². The lowest BCUT2D eigenvalue weighted by molar-refractivity contribution is 0.668. The number of para-hydroxylation sites is 2. The van der Waals surface area contributed by atoms with E-state index in [1.165, 1.54) is 38.8 Å². The van der Waals surface area contributed by atoms with E-state index in [9.17, 15) is 0 Å². The van der Waals surface area contributed by atoms with E-state index in [0.717, 1.165) is 62.0 Å². The Morgan fingerprint density at radius 3 is 1.98 bits per heavy atom. The van der Waals surface area contributed by atoms with Crippen molar-refractivity contribution in [3.05, 3.63) is 163 Å². The Balaban J connectivity index is 1.26. The lowest BCUT2D eigenvalue weighted by atomic mass is 9.78. The molecule has 0 radical (unpaired) electrons. The molecule has 1 aliphatic rings. The second kappa shape index (κ2) is 10.5. The van der Waals surface area contributed by atoms with E-state index in [0.29, 0.717) is 5.92 Å². The molecule has 228 valence electrons. The van der Waals surface area contributed by atoms with Gasteiger partial charge in [0.25, 0.3) is 0 Å². The quantitative estimate of drug-likeness (QED) is 0.197. The van der Waals surface area contributed by atoms with Crippen LogP contribution in [-0.4, -0.2) is 0 Å². The van der Waals surface area contributed by atoms with Crippen molar-refractivity contribution in [3.8, 4) is 22.3 Å². The molecule has 10 rings (SSSR count). The van der Waals surface area contributed by atoms with Crippen LogP contribution in [0.25, 0.3) is 66.1 Å². The molecule has 7 aromatic carbocycles. The van der Waals surface area contributed by atoms with Crippen LogP contribution in [0, 0.1) is 0 Å². The maximum absolute atomic E-state index is 6.40. The Kier molecular flexibility index (Phi) is 5.91. The molecule has 0 spiro atoms. The molecule has 0 saturated heterocycles. The van der Waals surface area contributed by atoms with E-state index < -0.39 is 0 Å². The maximum atomic E-state index is 6.40. The summed E-state index contributed by atoms with van der Waals surface area (Å²) in [5.74, 6) is 0.397. The number of nitrogens with zero attached hydrogens (tertiary/aromatic N) is 1. The average molecular weight is 618 g/mol. The van der Waals surface area contributed by atoms with Crippen molar-refractivity contribution in [2.45, 2.75) is 19.3 Å². The maximum Gasteiger partial charge on any atom is 0.137 e. The van der Waals surface area contributed by atoms with Gasteiger partial charge in [-0.05, 0) is 100 Å². The summed E-state index contributed by atoms with van der Waals surface area (Å²) in [5.41, 5.74) is 14.6. The van der Waals surface area contributed by atoms with E-state index in [-0.39, 0.29) is 0 Å². The summed E-state index contributed by atoms with van der Waals surface area (Å²) >= 11 is 0. The number of benzene rings is 7. The molecule has 9 aromatic rings. The molecule has 0 bridgehead atoms. The number of fused-ring (bicyclic) bond motifs is 10. The third-order valence-electron chi connectivity index (χ3n) is 10.1. The minimum absolute atomic E-state index is 0.397. The van der Waals surface area contributed by atoms with Crippen molar-refractivity contribution in [3.63, 3.8) is 0 Å². The van der Waals surface area contributed by atoms with E-state index in [2.05, 4.69) is 151 Å². The summed E-state index contributed by atoms with van der Waals surface area (Å²) in [6, 6.07) is 54.1. The summed E-state index contributed by atoms with van der Waals surface area (Å²) in [7, 11) is 0. The third-order valence-corrected chi connectivity index (χ3v) is 10.1. The van der Waals surface area contributed by atoms with Crippen LogP contribution in [0.1, 0.15) is 24.0 Å². The highest BCUT2D eigenvalue weighted by Gasteiger charge is 2.28. The van der Waals surface area contributed by atoms with Gasteiger partial charge < -0.3 is 13.7 Å². The highest BCUT2D eigenvalue weighted by Crippen LogP contribution is 2.50. The van der Waals surface area contributed by atoms with Gasteiger partial charge in [0.05, 0.1) is 11.1 Å². The fourth-order valence-corrected chi connectivity index (χ4v) is 7.93. The summed E-state index contributed by atoms with van der Waals surface area (Å²) in [5, 5.41) is 4.58. The van der Waals surface area contributed by atoms with Gasteiger partial charge in [0.15, 0.2) is 0 Å². The van der Waals surface area contributed by atoms with Crippen LogP contribution in [0.15, 0.2) is 160 Å². The molecule has 48 heavy (non-hydrogen) atoms. The molecule has 3 heteroatoms. The van der Waals surface area contributed by atoms with Gasteiger partial charge in [-0.15, -0.1) is 0 Å². The lowest BCUT2D eigenvalue weighted by Crippen LogP contribution is -2.13. The predicted octanol–water partition coefficient (Wildman–Crippen LogP) is 12.9. The van der Waals surface area contributed by atoms with E-state index in [1.54, 1.807) is 0 Å². The molecule has 3 nitrogen and oxygen atoms in total. The summed E-state index contributed by atoms with van der Waals surface area (Å²) in [6.07, 6.45) is 1.00. The highest BCUT2D eigenvalue weighted by atomic mass is 16.3. The Hall–Kier alpha value is -6.06. The Morgan fingerprint density at radius 1 is 0.521 bits per heavy atom. The van der Waals surface area contributed by atoms with Gasteiger partial charge in [0.1, 0.15) is 22.3 Å². The first-order valence-electron chi connectivity index (χ1n) is 16.6. The Morgan fingerprint density at radius 2 is 1.17 bits per heavy atom.